The van der Waals surface area contributed by atoms with Crippen LogP contribution in [-0.2, 0) is 7.05 Å². The van der Waals surface area contributed by atoms with Gasteiger partial charge < -0.3 is 19.5 Å². The van der Waals surface area contributed by atoms with Gasteiger partial charge in [0.1, 0.15) is 23.4 Å². The van der Waals surface area contributed by atoms with Crippen LogP contribution in [0.1, 0.15) is 22.6 Å². The number of hydrogen-bond donors (Lipinski definition) is 1. The summed E-state index contributed by atoms with van der Waals surface area (Å²) in [5.41, 5.74) is 0.572. The summed E-state index contributed by atoms with van der Waals surface area (Å²) in [4.78, 5) is 24.5. The van der Waals surface area contributed by atoms with Crippen LogP contribution in [0.2, 0.25) is 0 Å². The number of rotatable bonds is 4. The molecular weight excluding hydrogens is 306 g/mol. The number of amides is 1. The molecule has 0 aliphatic carbocycles. The molecule has 1 saturated heterocycles. The van der Waals surface area contributed by atoms with Crippen LogP contribution in [0, 0.1) is 6.92 Å². The number of hydrogen-bond acceptors (Lipinski definition) is 5. The number of anilines is 1. The molecule has 0 saturated carbocycles. The van der Waals surface area contributed by atoms with Crippen molar-refractivity contribution >= 4 is 11.7 Å². The van der Waals surface area contributed by atoms with Crippen molar-refractivity contribution in [3.8, 4) is 0 Å². The van der Waals surface area contributed by atoms with E-state index in [-0.39, 0.29) is 12.5 Å². The van der Waals surface area contributed by atoms with Gasteiger partial charge in [-0.25, -0.2) is 9.97 Å². The van der Waals surface area contributed by atoms with E-state index in [1.165, 1.54) is 6.33 Å². The van der Waals surface area contributed by atoms with E-state index in [0.29, 0.717) is 25.2 Å². The lowest BCUT2D eigenvalue weighted by molar-refractivity contribution is 0.0260. The van der Waals surface area contributed by atoms with Crippen molar-refractivity contribution in [2.24, 2.45) is 7.05 Å². The van der Waals surface area contributed by atoms with E-state index < -0.39 is 5.60 Å². The van der Waals surface area contributed by atoms with Crippen LogP contribution in [0.3, 0.4) is 0 Å². The highest BCUT2D eigenvalue weighted by molar-refractivity contribution is 5.92. The van der Waals surface area contributed by atoms with Gasteiger partial charge in [0.25, 0.3) is 5.91 Å². The molecule has 0 spiro atoms. The molecule has 0 bridgehead atoms. The Hall–Kier alpha value is -2.41. The van der Waals surface area contributed by atoms with Crippen LogP contribution in [0.25, 0.3) is 0 Å². The minimum Gasteiger partial charge on any atom is -0.386 e. The first-order valence-corrected chi connectivity index (χ1v) is 8.01. The lowest BCUT2D eigenvalue weighted by Gasteiger charge is -2.29. The average Bonchev–Trinajstić information content (AvgIpc) is 3.13. The highest BCUT2D eigenvalue weighted by atomic mass is 16.3. The van der Waals surface area contributed by atoms with Gasteiger partial charge in [0.05, 0.1) is 6.54 Å². The van der Waals surface area contributed by atoms with Gasteiger partial charge in [-0.3, -0.25) is 4.79 Å². The Bertz CT molecular complexity index is 744. The van der Waals surface area contributed by atoms with Crippen molar-refractivity contribution in [3.63, 3.8) is 0 Å². The minimum absolute atomic E-state index is 0.0905. The molecule has 0 radical (unpaired) electrons. The molecular formula is C17H23N5O2. The number of carbonyl (C=O) groups is 1. The van der Waals surface area contributed by atoms with Crippen LogP contribution < -0.4 is 4.90 Å². The second kappa shape index (κ2) is 6.24. The van der Waals surface area contributed by atoms with E-state index in [0.717, 1.165) is 11.5 Å². The molecule has 128 valence electrons. The molecule has 7 heteroatoms. The Kier molecular flexibility index (Phi) is 4.28. The number of nitrogens with zero attached hydrogens (tertiary/aromatic N) is 5. The fraction of sp³-hybridized carbons (Fsp3) is 0.471. The molecule has 2 aromatic heterocycles. The molecule has 7 nitrogen and oxygen atoms in total. The molecule has 1 amide bonds. The Labute approximate surface area is 141 Å². The quantitative estimate of drug-likeness (QED) is 0.900. The van der Waals surface area contributed by atoms with E-state index >= 15 is 0 Å². The molecule has 1 N–H and O–H groups in total. The van der Waals surface area contributed by atoms with E-state index in [1.54, 1.807) is 22.6 Å². The van der Waals surface area contributed by atoms with Crippen molar-refractivity contribution in [3.05, 3.63) is 42.1 Å². The third-order valence-electron chi connectivity index (χ3n) is 4.49. The van der Waals surface area contributed by atoms with Gasteiger partial charge in [0, 0.05) is 45.1 Å². The van der Waals surface area contributed by atoms with E-state index in [4.69, 9.17) is 0 Å². The first-order chi connectivity index (χ1) is 11.4. The van der Waals surface area contributed by atoms with Crippen molar-refractivity contribution < 1.29 is 9.90 Å². The molecule has 1 fully saturated rings. The van der Waals surface area contributed by atoms with Gasteiger partial charge in [-0.05, 0) is 25.5 Å². The molecule has 1 atom stereocenters. The lowest BCUT2D eigenvalue weighted by Crippen LogP contribution is -2.46. The largest absolute Gasteiger partial charge is 0.386 e. The summed E-state index contributed by atoms with van der Waals surface area (Å²) in [6.07, 6.45) is 3.97. The number of aromatic nitrogens is 3. The first kappa shape index (κ1) is 16.4. The topological polar surface area (TPSA) is 74.5 Å². The Morgan fingerprint density at radius 3 is 2.92 bits per heavy atom. The van der Waals surface area contributed by atoms with Gasteiger partial charge in [-0.1, -0.05) is 0 Å². The summed E-state index contributed by atoms with van der Waals surface area (Å²) in [6, 6.07) is 5.53. The van der Waals surface area contributed by atoms with Crippen LogP contribution in [-0.4, -0.2) is 62.7 Å². The third kappa shape index (κ3) is 3.26. The summed E-state index contributed by atoms with van der Waals surface area (Å²) in [6.45, 7) is 3.37. The zero-order valence-electron chi connectivity index (χ0n) is 14.3. The minimum atomic E-state index is -0.936. The summed E-state index contributed by atoms with van der Waals surface area (Å²) in [5.74, 6) is 0.724. The Morgan fingerprint density at radius 2 is 2.25 bits per heavy atom. The van der Waals surface area contributed by atoms with Crippen LogP contribution in [0.15, 0.2) is 30.7 Å². The van der Waals surface area contributed by atoms with Crippen LogP contribution in [0.4, 0.5) is 5.82 Å². The van der Waals surface area contributed by atoms with E-state index in [9.17, 15) is 9.90 Å². The molecule has 1 aliphatic heterocycles. The lowest BCUT2D eigenvalue weighted by atomic mass is 10.0. The molecule has 3 heterocycles. The molecule has 24 heavy (non-hydrogen) atoms. The third-order valence-corrected chi connectivity index (χ3v) is 4.49. The van der Waals surface area contributed by atoms with Gasteiger partial charge in [-0.2, -0.15) is 0 Å². The zero-order valence-corrected chi connectivity index (χ0v) is 14.3. The monoisotopic (exact) mass is 329 g/mol. The fourth-order valence-electron chi connectivity index (χ4n) is 3.19. The van der Waals surface area contributed by atoms with Crippen molar-refractivity contribution in [2.45, 2.75) is 18.9 Å². The predicted molar refractivity (Wildman–Crippen MR) is 90.9 cm³/mol. The molecule has 3 rings (SSSR count). The molecule has 0 aromatic carbocycles. The van der Waals surface area contributed by atoms with Gasteiger partial charge in [-0.15, -0.1) is 0 Å². The van der Waals surface area contributed by atoms with Gasteiger partial charge in [0.15, 0.2) is 0 Å². The molecule has 0 unspecified atom stereocenters. The van der Waals surface area contributed by atoms with Gasteiger partial charge >= 0.3 is 0 Å². The van der Waals surface area contributed by atoms with Crippen LogP contribution in [0.5, 0.6) is 0 Å². The standard InChI is InChI=1S/C17H23N5O2/c1-13-9-15(19-12-18-13)22-8-6-17(24,11-22)10-21(3)16(23)14-5-4-7-20(14)2/h4-5,7,9,12,24H,6,8,10-11H2,1-3H3/t17-/m1/s1. The first-order valence-electron chi connectivity index (χ1n) is 8.01. The summed E-state index contributed by atoms with van der Waals surface area (Å²) in [7, 11) is 3.56. The second-order valence-corrected chi connectivity index (χ2v) is 6.58. The Morgan fingerprint density at radius 1 is 1.46 bits per heavy atom. The number of β-amino-alcohol motifs (C(OH)–C–C–N with tert-alkyl or cyclic N) is 1. The normalized spacial score (nSPS) is 20.4. The van der Waals surface area contributed by atoms with E-state index in [1.807, 2.05) is 37.2 Å². The summed E-state index contributed by atoms with van der Waals surface area (Å²) >= 11 is 0. The van der Waals surface area contributed by atoms with Crippen LogP contribution >= 0.6 is 0 Å². The summed E-state index contributed by atoms with van der Waals surface area (Å²) in [5, 5.41) is 10.9. The number of likely N-dealkylation sites (N-methyl/N-ethyl adjacent to an activating group) is 1. The maximum atomic E-state index is 12.5. The number of aliphatic hydroxyl groups is 1. The van der Waals surface area contributed by atoms with Crippen molar-refractivity contribution in [2.75, 3.05) is 31.6 Å². The molecule has 2 aromatic rings. The highest BCUT2D eigenvalue weighted by Gasteiger charge is 2.38. The smallest absolute Gasteiger partial charge is 0.270 e. The number of aryl methyl sites for hydroxylation is 2. The maximum absolute atomic E-state index is 12.5. The van der Waals surface area contributed by atoms with Gasteiger partial charge in [0.2, 0.25) is 0 Å². The molecule has 1 aliphatic rings. The predicted octanol–water partition coefficient (Wildman–Crippen LogP) is 0.837. The second-order valence-electron chi connectivity index (χ2n) is 6.58. The van der Waals surface area contributed by atoms with Crippen molar-refractivity contribution in [1.29, 1.82) is 0 Å². The fourth-order valence-corrected chi connectivity index (χ4v) is 3.19. The average molecular weight is 329 g/mol. The zero-order chi connectivity index (χ0) is 17.3. The van der Waals surface area contributed by atoms with Crippen molar-refractivity contribution in [1.82, 2.24) is 19.4 Å². The maximum Gasteiger partial charge on any atom is 0.270 e. The Balaban J connectivity index is 1.67. The number of carbonyl (C=O) groups excluding carboxylic acids is 1. The summed E-state index contributed by atoms with van der Waals surface area (Å²) < 4.78 is 1.79. The SMILES string of the molecule is Cc1cc(N2CC[C@@](O)(CN(C)C(=O)c3cccn3C)C2)ncn1. The highest BCUT2D eigenvalue weighted by Crippen LogP contribution is 2.26. The van der Waals surface area contributed by atoms with E-state index in [2.05, 4.69) is 9.97 Å².